The zero-order valence-electron chi connectivity index (χ0n) is 16.2. The van der Waals surface area contributed by atoms with Crippen molar-refractivity contribution in [3.8, 4) is 0 Å². The maximum Gasteiger partial charge on any atom is 0.401 e. The molecule has 0 aliphatic carbocycles. The molecule has 2 unspecified atom stereocenters. The number of likely N-dealkylation sites (tertiary alicyclic amines) is 1. The number of alkyl halides is 3. The molecule has 5 nitrogen and oxygen atoms in total. The number of hydrogen-bond acceptors (Lipinski definition) is 4. The highest BCUT2D eigenvalue weighted by molar-refractivity contribution is 7.10. The van der Waals surface area contributed by atoms with Gasteiger partial charge in [-0.2, -0.15) is 13.2 Å². The lowest BCUT2D eigenvalue weighted by molar-refractivity contribution is -0.142. The monoisotopic (exact) mass is 405 g/mol. The Labute approximate surface area is 163 Å². The second-order valence-corrected chi connectivity index (χ2v) is 8.06. The van der Waals surface area contributed by atoms with Crippen molar-refractivity contribution in [2.24, 2.45) is 10.9 Å². The topological polar surface area (TPSA) is 42.9 Å². The number of thiophene rings is 1. The zero-order valence-corrected chi connectivity index (χ0v) is 17.0. The highest BCUT2D eigenvalue weighted by Gasteiger charge is 2.31. The molecule has 0 saturated carbocycles. The number of piperidine rings is 1. The van der Waals surface area contributed by atoms with E-state index in [1.54, 1.807) is 18.4 Å². The molecule has 0 bridgehead atoms. The van der Waals surface area contributed by atoms with Gasteiger partial charge in [-0.05, 0) is 50.8 Å². The third kappa shape index (κ3) is 7.31. The number of nitrogens with zero attached hydrogens (tertiary/aromatic N) is 3. The van der Waals surface area contributed by atoms with Crippen molar-refractivity contribution in [2.75, 3.05) is 53.9 Å². The predicted molar refractivity (Wildman–Crippen MR) is 105 cm³/mol. The van der Waals surface area contributed by atoms with Crippen LogP contribution in [0.1, 0.15) is 23.8 Å². The van der Waals surface area contributed by atoms with Crippen molar-refractivity contribution >= 4 is 17.3 Å². The average molecular weight is 406 g/mol. The van der Waals surface area contributed by atoms with Crippen LogP contribution in [0.25, 0.3) is 0 Å². The average Bonchev–Trinajstić information content (AvgIpc) is 3.10. The normalized spacial score (nSPS) is 22.3. The van der Waals surface area contributed by atoms with E-state index in [2.05, 4.69) is 45.1 Å². The molecule has 1 saturated heterocycles. The minimum Gasteiger partial charge on any atom is -0.356 e. The van der Waals surface area contributed by atoms with E-state index in [-0.39, 0.29) is 0 Å². The van der Waals surface area contributed by atoms with Crippen molar-refractivity contribution in [1.82, 2.24) is 20.4 Å². The highest BCUT2D eigenvalue weighted by Crippen LogP contribution is 2.36. The first kappa shape index (κ1) is 22.0. The molecule has 1 aromatic rings. The summed E-state index contributed by atoms with van der Waals surface area (Å²) in [5.74, 6) is 1.10. The summed E-state index contributed by atoms with van der Waals surface area (Å²) in [5.41, 5.74) is 0. The molecule has 2 rings (SSSR count). The lowest BCUT2D eigenvalue weighted by Gasteiger charge is -2.39. The quantitative estimate of drug-likeness (QED) is 0.541. The molecule has 0 aromatic carbocycles. The molecule has 1 aliphatic rings. The van der Waals surface area contributed by atoms with Crippen molar-refractivity contribution in [3.05, 3.63) is 22.4 Å². The van der Waals surface area contributed by atoms with Crippen LogP contribution in [0.5, 0.6) is 0 Å². The summed E-state index contributed by atoms with van der Waals surface area (Å²) in [7, 11) is 5.31. The number of guanidine groups is 1. The fourth-order valence-corrected chi connectivity index (χ4v) is 4.56. The molecule has 154 valence electrons. The maximum absolute atomic E-state index is 12.4. The second kappa shape index (κ2) is 10.3. The Morgan fingerprint density at radius 2 is 2.19 bits per heavy atom. The molecule has 2 heterocycles. The van der Waals surface area contributed by atoms with Gasteiger partial charge in [-0.3, -0.25) is 14.8 Å². The first-order valence-electron chi connectivity index (χ1n) is 9.23. The molecule has 9 heteroatoms. The number of nitrogens with one attached hydrogen (secondary N) is 2. The lowest BCUT2D eigenvalue weighted by Crippen LogP contribution is -2.46. The van der Waals surface area contributed by atoms with Gasteiger partial charge >= 0.3 is 6.18 Å². The first-order valence-corrected chi connectivity index (χ1v) is 10.1. The molecule has 1 fully saturated rings. The van der Waals surface area contributed by atoms with Crippen LogP contribution in [0, 0.1) is 5.92 Å². The highest BCUT2D eigenvalue weighted by atomic mass is 32.1. The molecule has 2 atom stereocenters. The van der Waals surface area contributed by atoms with Crippen LogP contribution in [0.4, 0.5) is 13.2 Å². The Balaban J connectivity index is 1.80. The number of aliphatic imine (C=N–C) groups is 1. The van der Waals surface area contributed by atoms with Gasteiger partial charge in [-0.1, -0.05) is 6.07 Å². The second-order valence-electron chi connectivity index (χ2n) is 7.08. The van der Waals surface area contributed by atoms with Gasteiger partial charge in [0.2, 0.25) is 0 Å². The fraction of sp³-hybridized carbons (Fsp3) is 0.722. The van der Waals surface area contributed by atoms with E-state index >= 15 is 0 Å². The Hall–Kier alpha value is -1.32. The van der Waals surface area contributed by atoms with Crippen LogP contribution in [0.15, 0.2) is 22.5 Å². The van der Waals surface area contributed by atoms with E-state index in [0.717, 1.165) is 19.5 Å². The summed E-state index contributed by atoms with van der Waals surface area (Å²) in [6.07, 6.45) is -1.86. The summed E-state index contributed by atoms with van der Waals surface area (Å²) < 4.78 is 37.1. The van der Waals surface area contributed by atoms with E-state index in [9.17, 15) is 13.2 Å². The van der Waals surface area contributed by atoms with Crippen molar-refractivity contribution in [3.63, 3.8) is 0 Å². The van der Waals surface area contributed by atoms with Crippen LogP contribution in [0.3, 0.4) is 0 Å². The summed E-state index contributed by atoms with van der Waals surface area (Å²) in [5, 5.41) is 8.57. The van der Waals surface area contributed by atoms with Gasteiger partial charge in [0.15, 0.2) is 5.96 Å². The molecular weight excluding hydrogens is 375 g/mol. The van der Waals surface area contributed by atoms with Gasteiger partial charge in [0.1, 0.15) is 0 Å². The minimum absolute atomic E-state index is 0.296. The Morgan fingerprint density at radius 1 is 1.41 bits per heavy atom. The van der Waals surface area contributed by atoms with Crippen molar-refractivity contribution in [2.45, 2.75) is 25.1 Å². The standard InChI is InChI=1S/C18H30F3N5S/c1-22-17(23-8-10-25(2)13-18(19,20)21)24-12-14-6-4-9-26(3)16(14)15-7-5-11-27-15/h5,7,11,14,16H,4,6,8-10,12-13H2,1-3H3,(H2,22,23,24). The van der Waals surface area contributed by atoms with E-state index in [0.29, 0.717) is 31.0 Å². The van der Waals surface area contributed by atoms with E-state index < -0.39 is 12.7 Å². The van der Waals surface area contributed by atoms with E-state index in [1.165, 1.54) is 23.2 Å². The summed E-state index contributed by atoms with van der Waals surface area (Å²) in [4.78, 5) is 9.23. The third-order valence-corrected chi connectivity index (χ3v) is 5.78. The molecule has 0 spiro atoms. The van der Waals surface area contributed by atoms with Crippen LogP contribution in [-0.2, 0) is 0 Å². The molecule has 0 amide bonds. The van der Waals surface area contributed by atoms with Gasteiger partial charge < -0.3 is 10.6 Å². The molecule has 2 N–H and O–H groups in total. The first-order chi connectivity index (χ1) is 12.8. The van der Waals surface area contributed by atoms with Crippen molar-refractivity contribution < 1.29 is 13.2 Å². The summed E-state index contributed by atoms with van der Waals surface area (Å²) >= 11 is 1.79. The largest absolute Gasteiger partial charge is 0.401 e. The number of hydrogen-bond donors (Lipinski definition) is 2. The zero-order chi connectivity index (χ0) is 19.9. The predicted octanol–water partition coefficient (Wildman–Crippen LogP) is 2.79. The van der Waals surface area contributed by atoms with Crippen LogP contribution in [0.2, 0.25) is 0 Å². The Bertz CT molecular complexity index is 576. The number of halogens is 3. The SMILES string of the molecule is CN=C(NCCN(C)CC(F)(F)F)NCC1CCCN(C)C1c1cccs1. The smallest absolute Gasteiger partial charge is 0.356 e. The van der Waals surface area contributed by atoms with Crippen molar-refractivity contribution in [1.29, 1.82) is 0 Å². The lowest BCUT2D eigenvalue weighted by atomic mass is 9.88. The van der Waals surface area contributed by atoms with Crippen LogP contribution >= 0.6 is 11.3 Å². The minimum atomic E-state index is -4.17. The van der Waals surface area contributed by atoms with Gasteiger partial charge in [-0.15, -0.1) is 11.3 Å². The Morgan fingerprint density at radius 3 is 2.81 bits per heavy atom. The third-order valence-electron chi connectivity index (χ3n) is 4.83. The van der Waals surface area contributed by atoms with Crippen LogP contribution < -0.4 is 10.6 Å². The molecular formula is C18H30F3N5S. The number of likely N-dealkylation sites (N-methyl/N-ethyl adjacent to an activating group) is 1. The summed E-state index contributed by atoms with van der Waals surface area (Å²) in [6, 6.07) is 4.67. The van der Waals surface area contributed by atoms with Crippen LogP contribution in [-0.4, -0.2) is 75.8 Å². The molecule has 1 aromatic heterocycles. The van der Waals surface area contributed by atoms with E-state index in [4.69, 9.17) is 0 Å². The van der Waals surface area contributed by atoms with Gasteiger partial charge in [0.05, 0.1) is 6.54 Å². The molecule has 27 heavy (non-hydrogen) atoms. The number of rotatable bonds is 7. The molecule has 0 radical (unpaired) electrons. The van der Waals surface area contributed by atoms with Gasteiger partial charge in [-0.25, -0.2) is 0 Å². The fourth-order valence-electron chi connectivity index (χ4n) is 3.58. The van der Waals surface area contributed by atoms with Gasteiger partial charge in [0.25, 0.3) is 0 Å². The van der Waals surface area contributed by atoms with Gasteiger partial charge in [0, 0.05) is 37.6 Å². The summed E-state index contributed by atoms with van der Waals surface area (Å²) in [6.45, 7) is 1.68. The van der Waals surface area contributed by atoms with E-state index in [1.807, 2.05) is 0 Å². The molecule has 1 aliphatic heterocycles. The maximum atomic E-state index is 12.4. The Kier molecular flexibility index (Phi) is 8.37.